The van der Waals surface area contributed by atoms with Crippen molar-refractivity contribution in [2.24, 2.45) is 0 Å². The Kier molecular flexibility index (Phi) is 4.61. The highest BCUT2D eigenvalue weighted by Crippen LogP contribution is 2.20. The highest BCUT2D eigenvalue weighted by molar-refractivity contribution is 6.84. The van der Waals surface area contributed by atoms with Crippen molar-refractivity contribution in [1.29, 1.82) is 0 Å². The van der Waals surface area contributed by atoms with Gasteiger partial charge in [0.25, 0.3) is 0 Å². The van der Waals surface area contributed by atoms with Gasteiger partial charge in [0.15, 0.2) is 0 Å². The van der Waals surface area contributed by atoms with Crippen molar-refractivity contribution in [3.05, 3.63) is 41.6 Å². The second-order valence-electron chi connectivity index (χ2n) is 7.56. The summed E-state index contributed by atoms with van der Waals surface area (Å²) < 4.78 is 0. The molecule has 0 spiro atoms. The first-order valence-corrected chi connectivity index (χ1v) is 14.6. The molecule has 22 heavy (non-hydrogen) atoms. The predicted octanol–water partition coefficient (Wildman–Crippen LogP) is 4.69. The maximum absolute atomic E-state index is 4.54. The topological polar surface area (TPSA) is 12.9 Å². The summed E-state index contributed by atoms with van der Waals surface area (Å²) in [6, 6.07) is 8.22. The summed E-state index contributed by atoms with van der Waals surface area (Å²) in [6.07, 6.45) is 1.83. The van der Waals surface area contributed by atoms with Crippen LogP contribution in [0.4, 0.5) is 0 Å². The second-order valence-corrected chi connectivity index (χ2v) is 17.1. The summed E-state index contributed by atoms with van der Waals surface area (Å²) in [4.78, 5) is 4.54. The number of nitrogens with zero attached hydrogens (tertiary/aromatic N) is 1. The van der Waals surface area contributed by atoms with Crippen LogP contribution in [-0.4, -0.2) is 21.1 Å². The Morgan fingerprint density at radius 1 is 0.773 bits per heavy atom. The van der Waals surface area contributed by atoms with Crippen molar-refractivity contribution in [3.63, 3.8) is 0 Å². The summed E-state index contributed by atoms with van der Waals surface area (Å²) in [5, 5.41) is 1.11. The normalized spacial score (nSPS) is 11.4. The van der Waals surface area contributed by atoms with E-state index in [0.717, 1.165) is 22.0 Å². The standard InChI is InChI=1S/C19H23NSi2/c1-21(2,3)14-11-16-9-10-17(12-15-22(4,5)6)19-18(16)8-7-13-20-19/h7-10,13H,1-6H3. The maximum atomic E-state index is 4.54. The Bertz CT molecular complexity index is 746. The third-order valence-electron chi connectivity index (χ3n) is 2.91. The molecule has 112 valence electrons. The average molecular weight is 322 g/mol. The zero-order valence-electron chi connectivity index (χ0n) is 14.3. The van der Waals surface area contributed by atoms with E-state index >= 15 is 0 Å². The molecule has 0 bridgehead atoms. The lowest BCUT2D eigenvalue weighted by molar-refractivity contribution is 1.40. The molecule has 2 rings (SSSR count). The first-order chi connectivity index (χ1) is 10.2. The van der Waals surface area contributed by atoms with Gasteiger partial charge in [-0.2, -0.15) is 0 Å². The van der Waals surface area contributed by atoms with Crippen LogP contribution in [0.3, 0.4) is 0 Å². The van der Waals surface area contributed by atoms with Gasteiger partial charge in [-0.3, -0.25) is 4.98 Å². The maximum Gasteiger partial charge on any atom is 0.129 e. The van der Waals surface area contributed by atoms with Gasteiger partial charge in [-0.1, -0.05) is 51.1 Å². The van der Waals surface area contributed by atoms with E-state index in [1.54, 1.807) is 0 Å². The molecule has 2 aromatic rings. The molecule has 1 heterocycles. The Labute approximate surface area is 136 Å². The van der Waals surface area contributed by atoms with Gasteiger partial charge in [-0.15, -0.1) is 11.1 Å². The Morgan fingerprint density at radius 3 is 1.91 bits per heavy atom. The molecule has 0 atom stereocenters. The fraction of sp³-hybridized carbons (Fsp3) is 0.316. The highest BCUT2D eigenvalue weighted by Gasteiger charge is 2.10. The van der Waals surface area contributed by atoms with Gasteiger partial charge in [-0.05, 0) is 24.3 Å². The third-order valence-corrected chi connectivity index (χ3v) is 4.66. The van der Waals surface area contributed by atoms with Crippen molar-refractivity contribution in [2.75, 3.05) is 0 Å². The summed E-state index contributed by atoms with van der Waals surface area (Å²) in [5.41, 5.74) is 9.90. The van der Waals surface area contributed by atoms with E-state index < -0.39 is 16.1 Å². The lowest BCUT2D eigenvalue weighted by atomic mass is 10.0. The molecule has 1 aromatic carbocycles. The molecule has 0 saturated heterocycles. The number of rotatable bonds is 0. The van der Waals surface area contributed by atoms with E-state index in [9.17, 15) is 0 Å². The zero-order chi connectivity index (χ0) is 16.4. The molecular formula is C19H23NSi2. The lowest BCUT2D eigenvalue weighted by Crippen LogP contribution is -2.16. The van der Waals surface area contributed by atoms with Crippen molar-refractivity contribution in [1.82, 2.24) is 4.98 Å². The van der Waals surface area contributed by atoms with E-state index in [4.69, 9.17) is 0 Å². The fourth-order valence-electron chi connectivity index (χ4n) is 1.89. The van der Waals surface area contributed by atoms with E-state index in [2.05, 4.69) is 85.4 Å². The lowest BCUT2D eigenvalue weighted by Gasteiger charge is -2.07. The number of fused-ring (bicyclic) bond motifs is 1. The van der Waals surface area contributed by atoms with Crippen molar-refractivity contribution in [3.8, 4) is 22.9 Å². The van der Waals surface area contributed by atoms with Crippen LogP contribution in [0.25, 0.3) is 10.9 Å². The molecule has 0 aliphatic heterocycles. The summed E-state index contributed by atoms with van der Waals surface area (Å²) in [5.74, 6) is 6.70. The van der Waals surface area contributed by atoms with E-state index in [1.165, 1.54) is 0 Å². The summed E-state index contributed by atoms with van der Waals surface area (Å²) >= 11 is 0. The molecule has 0 aliphatic rings. The van der Waals surface area contributed by atoms with Crippen LogP contribution in [0.1, 0.15) is 11.1 Å². The van der Waals surface area contributed by atoms with Crippen molar-refractivity contribution in [2.45, 2.75) is 39.3 Å². The van der Waals surface area contributed by atoms with Crippen LogP contribution in [0.15, 0.2) is 30.5 Å². The molecule has 0 radical (unpaired) electrons. The molecule has 1 nitrogen and oxygen atoms in total. The summed E-state index contributed by atoms with van der Waals surface area (Å²) in [6.45, 7) is 13.5. The molecule has 0 aliphatic carbocycles. The number of benzene rings is 1. The van der Waals surface area contributed by atoms with Gasteiger partial charge in [0.05, 0.1) is 11.1 Å². The number of aromatic nitrogens is 1. The Hall–Kier alpha value is -1.82. The van der Waals surface area contributed by atoms with E-state index in [-0.39, 0.29) is 0 Å². The number of hydrogen-bond donors (Lipinski definition) is 0. The predicted molar refractivity (Wildman–Crippen MR) is 102 cm³/mol. The highest BCUT2D eigenvalue weighted by atomic mass is 28.3. The smallest absolute Gasteiger partial charge is 0.129 e. The minimum atomic E-state index is -1.39. The van der Waals surface area contributed by atoms with Crippen LogP contribution in [0, 0.1) is 22.9 Å². The average Bonchev–Trinajstić information content (AvgIpc) is 2.41. The fourth-order valence-corrected chi connectivity index (χ4v) is 2.91. The van der Waals surface area contributed by atoms with Crippen LogP contribution >= 0.6 is 0 Å². The van der Waals surface area contributed by atoms with Crippen molar-refractivity contribution >= 4 is 27.1 Å². The van der Waals surface area contributed by atoms with Gasteiger partial charge in [0, 0.05) is 17.1 Å². The number of hydrogen-bond acceptors (Lipinski definition) is 1. The molecule has 0 saturated carbocycles. The number of pyridine rings is 1. The Balaban J connectivity index is 2.61. The minimum Gasteiger partial charge on any atom is -0.255 e. The molecule has 0 unspecified atom stereocenters. The molecule has 1 aromatic heterocycles. The van der Waals surface area contributed by atoms with Gasteiger partial charge >= 0.3 is 0 Å². The molecular weight excluding hydrogens is 298 g/mol. The van der Waals surface area contributed by atoms with Crippen LogP contribution in [0.5, 0.6) is 0 Å². The van der Waals surface area contributed by atoms with Crippen LogP contribution in [-0.2, 0) is 0 Å². The van der Waals surface area contributed by atoms with E-state index in [1.807, 2.05) is 12.3 Å². The monoisotopic (exact) mass is 321 g/mol. The molecule has 0 fully saturated rings. The van der Waals surface area contributed by atoms with Crippen LogP contribution in [0.2, 0.25) is 39.3 Å². The van der Waals surface area contributed by atoms with Gasteiger partial charge in [0.1, 0.15) is 16.1 Å². The molecule has 0 amide bonds. The van der Waals surface area contributed by atoms with Crippen LogP contribution < -0.4 is 0 Å². The molecule has 3 heteroatoms. The van der Waals surface area contributed by atoms with Gasteiger partial charge in [-0.25, -0.2) is 0 Å². The second kappa shape index (κ2) is 6.12. The SMILES string of the molecule is C[Si](C)(C)C#Cc1ccc(C#C[Si](C)(C)C)c2ncccc12. The third kappa shape index (κ3) is 4.59. The zero-order valence-corrected chi connectivity index (χ0v) is 16.3. The van der Waals surface area contributed by atoms with Gasteiger partial charge < -0.3 is 0 Å². The summed E-state index contributed by atoms with van der Waals surface area (Å²) in [7, 11) is -2.78. The van der Waals surface area contributed by atoms with Crippen molar-refractivity contribution < 1.29 is 0 Å². The largest absolute Gasteiger partial charge is 0.255 e. The molecule has 0 N–H and O–H groups in total. The first kappa shape index (κ1) is 16.6. The quantitative estimate of drug-likeness (QED) is 0.506. The van der Waals surface area contributed by atoms with Gasteiger partial charge in [0.2, 0.25) is 0 Å². The first-order valence-electron chi connectivity index (χ1n) is 7.60. The Morgan fingerprint density at radius 2 is 1.32 bits per heavy atom. The van der Waals surface area contributed by atoms with E-state index in [0.29, 0.717) is 0 Å². The minimum absolute atomic E-state index is 0.968.